The summed E-state index contributed by atoms with van der Waals surface area (Å²) in [6, 6.07) is 7.56. The van der Waals surface area contributed by atoms with Gasteiger partial charge in [0.05, 0.1) is 0 Å². The molecule has 0 radical (unpaired) electrons. The molecule has 86 valence electrons. The van der Waals surface area contributed by atoms with E-state index in [1.54, 1.807) is 13.0 Å². The van der Waals surface area contributed by atoms with Crippen molar-refractivity contribution in [3.05, 3.63) is 46.5 Å². The van der Waals surface area contributed by atoms with Gasteiger partial charge in [-0.25, -0.2) is 4.79 Å². The lowest BCUT2D eigenvalue weighted by atomic mass is 10.2. The molecule has 4 heteroatoms. The molecule has 0 aliphatic heterocycles. The maximum Gasteiger partial charge on any atom is 0.330 e. The van der Waals surface area contributed by atoms with Gasteiger partial charge >= 0.3 is 5.97 Å². The fourth-order valence-corrected chi connectivity index (χ4v) is 1.36. The van der Waals surface area contributed by atoms with Crippen LogP contribution in [-0.4, -0.2) is 17.6 Å². The molecule has 0 atom stereocenters. The first-order valence-electron chi connectivity index (χ1n) is 4.95. The highest BCUT2D eigenvalue weighted by molar-refractivity contribution is 6.31. The Bertz CT molecular complexity index is 402. The molecule has 0 saturated heterocycles. The number of carbonyl (C=O) groups is 1. The van der Waals surface area contributed by atoms with Crippen LogP contribution < -0.4 is 5.32 Å². The number of carboxylic acids is 1. The van der Waals surface area contributed by atoms with Gasteiger partial charge in [-0.2, -0.15) is 0 Å². The molecule has 0 aliphatic rings. The highest BCUT2D eigenvalue weighted by Gasteiger charge is 1.99. The SMILES string of the molecule is C/C(=C/CNCc1ccccc1Cl)C(=O)O. The lowest BCUT2D eigenvalue weighted by molar-refractivity contribution is -0.132. The van der Waals surface area contributed by atoms with Gasteiger partial charge < -0.3 is 10.4 Å². The van der Waals surface area contributed by atoms with E-state index >= 15 is 0 Å². The first-order valence-corrected chi connectivity index (χ1v) is 5.33. The number of rotatable bonds is 5. The van der Waals surface area contributed by atoms with Gasteiger partial charge in [0.1, 0.15) is 0 Å². The van der Waals surface area contributed by atoms with Crippen LogP contribution in [-0.2, 0) is 11.3 Å². The van der Waals surface area contributed by atoms with E-state index in [0.717, 1.165) is 5.56 Å². The van der Waals surface area contributed by atoms with Crippen LogP contribution in [0.5, 0.6) is 0 Å². The zero-order valence-electron chi connectivity index (χ0n) is 9.03. The van der Waals surface area contributed by atoms with Crippen LogP contribution in [0.2, 0.25) is 5.02 Å². The van der Waals surface area contributed by atoms with Crippen LogP contribution >= 0.6 is 11.6 Å². The first-order chi connectivity index (χ1) is 7.61. The quantitative estimate of drug-likeness (QED) is 0.613. The molecule has 0 aliphatic carbocycles. The van der Waals surface area contributed by atoms with E-state index in [1.807, 2.05) is 24.3 Å². The highest BCUT2D eigenvalue weighted by Crippen LogP contribution is 2.13. The molecule has 0 fully saturated rings. The third kappa shape index (κ3) is 4.04. The van der Waals surface area contributed by atoms with Crippen LogP contribution in [0, 0.1) is 0 Å². The summed E-state index contributed by atoms with van der Waals surface area (Å²) in [5, 5.41) is 12.4. The fraction of sp³-hybridized carbons (Fsp3) is 0.250. The lowest BCUT2D eigenvalue weighted by Gasteiger charge is -2.04. The van der Waals surface area contributed by atoms with Crippen LogP contribution in [0.15, 0.2) is 35.9 Å². The number of hydrogen-bond acceptors (Lipinski definition) is 2. The van der Waals surface area contributed by atoms with Gasteiger partial charge in [-0.15, -0.1) is 0 Å². The molecule has 1 aromatic carbocycles. The second-order valence-corrected chi connectivity index (χ2v) is 3.82. The van der Waals surface area contributed by atoms with Crippen molar-refractivity contribution in [3.8, 4) is 0 Å². The minimum Gasteiger partial charge on any atom is -0.478 e. The Morgan fingerprint density at radius 3 is 2.81 bits per heavy atom. The minimum absolute atomic E-state index is 0.339. The molecule has 0 heterocycles. The fourth-order valence-electron chi connectivity index (χ4n) is 1.16. The van der Waals surface area contributed by atoms with Crippen molar-refractivity contribution in [2.75, 3.05) is 6.54 Å². The molecular formula is C12H14ClNO2. The smallest absolute Gasteiger partial charge is 0.330 e. The first kappa shape index (κ1) is 12.7. The second-order valence-electron chi connectivity index (χ2n) is 3.41. The molecule has 0 amide bonds. The number of benzene rings is 1. The number of halogens is 1. The average molecular weight is 240 g/mol. The summed E-state index contributed by atoms with van der Waals surface area (Å²) >= 11 is 5.97. The Morgan fingerprint density at radius 2 is 2.19 bits per heavy atom. The van der Waals surface area contributed by atoms with E-state index in [2.05, 4.69) is 5.32 Å². The van der Waals surface area contributed by atoms with Gasteiger partial charge in [0.25, 0.3) is 0 Å². The van der Waals surface area contributed by atoms with Crippen molar-refractivity contribution in [3.63, 3.8) is 0 Å². The molecule has 1 aromatic rings. The van der Waals surface area contributed by atoms with E-state index < -0.39 is 5.97 Å². The van der Waals surface area contributed by atoms with Crippen molar-refractivity contribution in [2.24, 2.45) is 0 Å². The number of carboxylic acid groups (broad SMARTS) is 1. The molecule has 0 aromatic heterocycles. The Kier molecular flexibility index (Phi) is 5.02. The van der Waals surface area contributed by atoms with E-state index in [-0.39, 0.29) is 0 Å². The summed E-state index contributed by atoms with van der Waals surface area (Å²) in [5.41, 5.74) is 1.34. The van der Waals surface area contributed by atoms with E-state index in [9.17, 15) is 4.79 Å². The zero-order valence-corrected chi connectivity index (χ0v) is 9.79. The Labute approximate surface area is 99.7 Å². The molecule has 0 bridgehead atoms. The third-order valence-electron chi connectivity index (χ3n) is 2.16. The summed E-state index contributed by atoms with van der Waals surface area (Å²) in [4.78, 5) is 10.5. The van der Waals surface area contributed by atoms with E-state index in [1.165, 1.54) is 0 Å². The Balaban J connectivity index is 2.40. The molecule has 3 nitrogen and oxygen atoms in total. The van der Waals surface area contributed by atoms with Crippen molar-refractivity contribution in [2.45, 2.75) is 13.5 Å². The molecule has 0 spiro atoms. The van der Waals surface area contributed by atoms with Gasteiger partial charge in [0, 0.05) is 23.7 Å². The maximum absolute atomic E-state index is 10.5. The van der Waals surface area contributed by atoms with Crippen molar-refractivity contribution >= 4 is 17.6 Å². The number of nitrogens with one attached hydrogen (secondary N) is 1. The van der Waals surface area contributed by atoms with Gasteiger partial charge in [-0.1, -0.05) is 35.9 Å². The molecule has 0 saturated carbocycles. The predicted octanol–water partition coefficient (Wildman–Crippen LogP) is 2.46. The normalized spacial score (nSPS) is 11.5. The number of hydrogen-bond donors (Lipinski definition) is 2. The monoisotopic (exact) mass is 239 g/mol. The zero-order chi connectivity index (χ0) is 12.0. The summed E-state index contributed by atoms with van der Waals surface area (Å²) < 4.78 is 0. The van der Waals surface area contributed by atoms with Gasteiger partial charge in [-0.05, 0) is 18.6 Å². The predicted molar refractivity (Wildman–Crippen MR) is 64.6 cm³/mol. The molecule has 16 heavy (non-hydrogen) atoms. The summed E-state index contributed by atoms with van der Waals surface area (Å²) in [6.07, 6.45) is 1.64. The van der Waals surface area contributed by atoms with Crippen LogP contribution in [0.1, 0.15) is 12.5 Å². The molecular weight excluding hydrogens is 226 g/mol. The van der Waals surface area contributed by atoms with Crippen molar-refractivity contribution in [1.29, 1.82) is 0 Å². The Hall–Kier alpha value is -1.32. The van der Waals surface area contributed by atoms with Crippen LogP contribution in [0.4, 0.5) is 0 Å². The molecule has 2 N–H and O–H groups in total. The van der Waals surface area contributed by atoms with Gasteiger partial charge in [0.15, 0.2) is 0 Å². The van der Waals surface area contributed by atoms with Gasteiger partial charge in [0.2, 0.25) is 0 Å². The summed E-state index contributed by atoms with van der Waals surface area (Å²) in [6.45, 7) is 2.71. The standard InChI is InChI=1S/C12H14ClNO2/c1-9(12(15)16)6-7-14-8-10-4-2-3-5-11(10)13/h2-6,14H,7-8H2,1H3,(H,15,16)/b9-6-. The molecule has 1 rings (SSSR count). The van der Waals surface area contributed by atoms with Crippen molar-refractivity contribution < 1.29 is 9.90 Å². The van der Waals surface area contributed by atoms with Crippen LogP contribution in [0.25, 0.3) is 0 Å². The van der Waals surface area contributed by atoms with E-state index in [0.29, 0.717) is 23.7 Å². The minimum atomic E-state index is -0.889. The maximum atomic E-state index is 10.5. The highest BCUT2D eigenvalue weighted by atomic mass is 35.5. The summed E-state index contributed by atoms with van der Waals surface area (Å²) in [7, 11) is 0. The van der Waals surface area contributed by atoms with Gasteiger partial charge in [-0.3, -0.25) is 0 Å². The van der Waals surface area contributed by atoms with Crippen LogP contribution in [0.3, 0.4) is 0 Å². The summed E-state index contributed by atoms with van der Waals surface area (Å²) in [5.74, 6) is -0.889. The second kappa shape index (κ2) is 6.30. The Morgan fingerprint density at radius 1 is 1.50 bits per heavy atom. The largest absolute Gasteiger partial charge is 0.478 e. The topological polar surface area (TPSA) is 49.3 Å². The molecule has 0 unspecified atom stereocenters. The van der Waals surface area contributed by atoms with E-state index in [4.69, 9.17) is 16.7 Å². The average Bonchev–Trinajstić information content (AvgIpc) is 2.26. The number of aliphatic carboxylic acids is 1. The van der Waals surface area contributed by atoms with Crippen molar-refractivity contribution in [1.82, 2.24) is 5.32 Å². The third-order valence-corrected chi connectivity index (χ3v) is 2.53. The lowest BCUT2D eigenvalue weighted by Crippen LogP contribution is -2.14.